The first kappa shape index (κ1) is 14.5. The van der Waals surface area contributed by atoms with Gasteiger partial charge >= 0.3 is 0 Å². The molecule has 0 saturated heterocycles. The van der Waals surface area contributed by atoms with Crippen molar-refractivity contribution in [3.8, 4) is 22.4 Å². The van der Waals surface area contributed by atoms with Gasteiger partial charge in [-0.3, -0.25) is 9.67 Å². The normalized spacial score (nSPS) is 10.8. The zero-order chi connectivity index (χ0) is 15.0. The van der Waals surface area contributed by atoms with Crippen LogP contribution in [-0.2, 0) is 7.05 Å². The minimum atomic E-state index is 0.645. The molecule has 1 aromatic carbocycles. The third-order valence-electron chi connectivity index (χ3n) is 3.24. The van der Waals surface area contributed by atoms with Gasteiger partial charge in [-0.1, -0.05) is 15.9 Å². The zero-order valence-corrected chi connectivity index (χ0v) is 15.0. The fraction of sp³-hybridized carbons (Fsp3) is 0.0667. The molecule has 0 spiro atoms. The lowest BCUT2D eigenvalue weighted by atomic mass is 10.0. The molecule has 0 amide bonds. The van der Waals surface area contributed by atoms with Gasteiger partial charge in [-0.05, 0) is 58.5 Å². The van der Waals surface area contributed by atoms with E-state index in [1.54, 1.807) is 17.1 Å². The van der Waals surface area contributed by atoms with E-state index < -0.39 is 0 Å². The second-order valence-corrected chi connectivity index (χ2v) is 6.67. The molecule has 0 fully saturated rings. The summed E-state index contributed by atoms with van der Waals surface area (Å²) in [5.74, 6) is 0.645. The predicted octanol–water partition coefficient (Wildman–Crippen LogP) is 4.10. The average Bonchev–Trinajstić information content (AvgIpc) is 2.78. The lowest BCUT2D eigenvalue weighted by molar-refractivity contribution is 0.782. The van der Waals surface area contributed by atoms with Crippen LogP contribution in [0, 0.1) is 3.57 Å². The van der Waals surface area contributed by atoms with Crippen molar-refractivity contribution in [2.45, 2.75) is 0 Å². The Kier molecular flexibility index (Phi) is 3.99. The molecule has 3 aromatic rings. The largest absolute Gasteiger partial charge is 0.383 e. The Bertz CT molecular complexity index is 799. The van der Waals surface area contributed by atoms with Crippen molar-refractivity contribution in [3.63, 3.8) is 0 Å². The molecule has 2 aromatic heterocycles. The van der Waals surface area contributed by atoms with Crippen LogP contribution in [0.25, 0.3) is 22.4 Å². The van der Waals surface area contributed by atoms with Crippen molar-refractivity contribution in [1.29, 1.82) is 0 Å². The van der Waals surface area contributed by atoms with Crippen molar-refractivity contribution in [2.75, 3.05) is 5.73 Å². The average molecular weight is 455 g/mol. The number of anilines is 1. The molecule has 6 heteroatoms. The maximum Gasteiger partial charge on any atom is 0.129 e. The fourth-order valence-electron chi connectivity index (χ4n) is 2.21. The first-order valence-corrected chi connectivity index (χ1v) is 8.13. The summed E-state index contributed by atoms with van der Waals surface area (Å²) in [6.45, 7) is 0. The SMILES string of the molecule is Cn1nc(-c2cc(Br)ccc2I)c(-c2ccncc2)c1N. The van der Waals surface area contributed by atoms with Gasteiger partial charge in [0.05, 0.1) is 5.56 Å². The minimum absolute atomic E-state index is 0.645. The molecule has 106 valence electrons. The van der Waals surface area contributed by atoms with E-state index in [2.05, 4.69) is 60.7 Å². The molecule has 2 heterocycles. The molecule has 0 aliphatic heterocycles. The van der Waals surface area contributed by atoms with Gasteiger partial charge in [-0.25, -0.2) is 0 Å². The van der Waals surface area contributed by atoms with Crippen LogP contribution in [-0.4, -0.2) is 14.8 Å². The number of nitrogen functional groups attached to an aromatic ring is 1. The molecule has 2 N–H and O–H groups in total. The number of aromatic nitrogens is 3. The maximum atomic E-state index is 6.23. The number of hydrogen-bond acceptors (Lipinski definition) is 3. The lowest BCUT2D eigenvalue weighted by Crippen LogP contribution is -1.97. The fourth-order valence-corrected chi connectivity index (χ4v) is 3.16. The molecule has 0 aliphatic rings. The summed E-state index contributed by atoms with van der Waals surface area (Å²) in [6.07, 6.45) is 3.52. The quantitative estimate of drug-likeness (QED) is 0.593. The van der Waals surface area contributed by atoms with Gasteiger partial charge in [0.2, 0.25) is 0 Å². The topological polar surface area (TPSA) is 56.7 Å². The van der Waals surface area contributed by atoms with Crippen molar-refractivity contribution in [3.05, 3.63) is 50.8 Å². The molecule has 4 nitrogen and oxygen atoms in total. The third kappa shape index (κ3) is 2.69. The van der Waals surface area contributed by atoms with Crippen molar-refractivity contribution >= 4 is 44.3 Å². The molecule has 0 saturated carbocycles. The van der Waals surface area contributed by atoms with Gasteiger partial charge < -0.3 is 5.73 Å². The van der Waals surface area contributed by atoms with E-state index in [9.17, 15) is 0 Å². The van der Waals surface area contributed by atoms with Gasteiger partial charge in [0, 0.05) is 33.0 Å². The van der Waals surface area contributed by atoms with Crippen LogP contribution in [0.4, 0.5) is 5.82 Å². The molecule has 0 radical (unpaired) electrons. The molecular weight excluding hydrogens is 443 g/mol. The molecule has 3 rings (SSSR count). The second-order valence-electron chi connectivity index (χ2n) is 4.59. The summed E-state index contributed by atoms with van der Waals surface area (Å²) < 4.78 is 3.86. The van der Waals surface area contributed by atoms with E-state index in [1.165, 1.54) is 0 Å². The second kappa shape index (κ2) is 5.76. The van der Waals surface area contributed by atoms with Crippen LogP contribution in [0.2, 0.25) is 0 Å². The summed E-state index contributed by atoms with van der Waals surface area (Å²) in [4.78, 5) is 4.06. The summed E-state index contributed by atoms with van der Waals surface area (Å²) in [5, 5.41) is 4.60. The molecule has 0 bridgehead atoms. The molecule has 0 aliphatic carbocycles. The summed E-state index contributed by atoms with van der Waals surface area (Å²) >= 11 is 5.83. The van der Waals surface area contributed by atoms with Crippen molar-refractivity contribution in [1.82, 2.24) is 14.8 Å². The highest BCUT2D eigenvalue weighted by Gasteiger charge is 2.19. The standard InChI is InChI=1S/C15H12BrIN4/c1-21-15(18)13(9-4-6-19-7-5-9)14(20-21)11-8-10(16)2-3-12(11)17/h2-8H,18H2,1H3. The number of nitrogens with two attached hydrogens (primary N) is 1. The van der Waals surface area contributed by atoms with Crippen molar-refractivity contribution < 1.29 is 0 Å². The summed E-state index contributed by atoms with van der Waals surface area (Å²) in [7, 11) is 1.86. The monoisotopic (exact) mass is 454 g/mol. The van der Waals surface area contributed by atoms with Crippen LogP contribution in [0.1, 0.15) is 0 Å². The van der Waals surface area contributed by atoms with E-state index in [-0.39, 0.29) is 0 Å². The van der Waals surface area contributed by atoms with Gasteiger partial charge in [0.25, 0.3) is 0 Å². The number of nitrogens with zero attached hydrogens (tertiary/aromatic N) is 3. The number of benzene rings is 1. The van der Waals surface area contributed by atoms with Gasteiger partial charge in [-0.2, -0.15) is 5.10 Å². The van der Waals surface area contributed by atoms with Crippen LogP contribution in [0.3, 0.4) is 0 Å². The van der Waals surface area contributed by atoms with Gasteiger partial charge in [0.15, 0.2) is 0 Å². The maximum absolute atomic E-state index is 6.23. The molecular formula is C15H12BrIN4. The summed E-state index contributed by atoms with van der Waals surface area (Å²) in [6, 6.07) is 10.0. The first-order valence-electron chi connectivity index (χ1n) is 6.26. The van der Waals surface area contributed by atoms with E-state index in [0.29, 0.717) is 5.82 Å². The predicted molar refractivity (Wildman–Crippen MR) is 96.7 cm³/mol. The van der Waals surface area contributed by atoms with Gasteiger partial charge in [0.1, 0.15) is 11.5 Å². The van der Waals surface area contributed by atoms with Crippen molar-refractivity contribution in [2.24, 2.45) is 7.05 Å². The Labute approximate surface area is 144 Å². The van der Waals surface area contributed by atoms with Crippen LogP contribution >= 0.6 is 38.5 Å². The number of aryl methyl sites for hydroxylation is 1. The molecule has 21 heavy (non-hydrogen) atoms. The molecule has 0 unspecified atom stereocenters. The van der Waals surface area contributed by atoms with E-state index in [4.69, 9.17) is 5.73 Å². The number of pyridine rings is 1. The zero-order valence-electron chi connectivity index (χ0n) is 11.2. The van der Waals surface area contributed by atoms with Crippen LogP contribution in [0.15, 0.2) is 47.2 Å². The van der Waals surface area contributed by atoms with E-state index in [0.717, 1.165) is 30.4 Å². The van der Waals surface area contributed by atoms with E-state index >= 15 is 0 Å². The van der Waals surface area contributed by atoms with Gasteiger partial charge in [-0.15, -0.1) is 0 Å². The highest BCUT2D eigenvalue weighted by molar-refractivity contribution is 14.1. The number of hydrogen-bond donors (Lipinski definition) is 1. The number of halogens is 2. The van der Waals surface area contributed by atoms with Crippen LogP contribution in [0.5, 0.6) is 0 Å². The Hall–Kier alpha value is -1.41. The van der Waals surface area contributed by atoms with Crippen LogP contribution < -0.4 is 5.73 Å². The summed E-state index contributed by atoms with van der Waals surface area (Å²) in [5.41, 5.74) is 10.1. The number of rotatable bonds is 2. The first-order chi connectivity index (χ1) is 10.1. The smallest absolute Gasteiger partial charge is 0.129 e. The Morgan fingerprint density at radius 2 is 1.90 bits per heavy atom. The third-order valence-corrected chi connectivity index (χ3v) is 4.68. The highest BCUT2D eigenvalue weighted by atomic mass is 127. The Balaban J connectivity index is 2.29. The highest BCUT2D eigenvalue weighted by Crippen LogP contribution is 2.38. The lowest BCUT2D eigenvalue weighted by Gasteiger charge is -2.06. The Morgan fingerprint density at radius 3 is 2.62 bits per heavy atom. The van der Waals surface area contributed by atoms with E-state index in [1.807, 2.05) is 25.2 Å². The minimum Gasteiger partial charge on any atom is -0.383 e. The molecule has 0 atom stereocenters. The Morgan fingerprint density at radius 1 is 1.19 bits per heavy atom.